The molecule has 19 heavy (non-hydrogen) atoms. The second kappa shape index (κ2) is 4.88. The van der Waals surface area contributed by atoms with E-state index < -0.39 is 0 Å². The molecule has 2 aromatic carbocycles. The van der Waals surface area contributed by atoms with Gasteiger partial charge in [-0.05, 0) is 47.2 Å². The van der Waals surface area contributed by atoms with Crippen LogP contribution in [0.15, 0.2) is 42.5 Å². The number of fused-ring (bicyclic) bond motifs is 3. The Bertz CT molecular complexity index is 631. The lowest BCUT2D eigenvalue weighted by molar-refractivity contribution is 0.0953. The van der Waals surface area contributed by atoms with Crippen LogP contribution in [-0.4, -0.2) is 12.5 Å². The lowest BCUT2D eigenvalue weighted by atomic mass is 10.0. The minimum Gasteiger partial charge on any atom is -0.352 e. The molecule has 1 amide bonds. The molecule has 0 unspecified atom stereocenters. The molecule has 0 atom stereocenters. The van der Waals surface area contributed by atoms with Gasteiger partial charge in [0.1, 0.15) is 0 Å². The molecule has 0 bridgehead atoms. The first-order valence-corrected chi connectivity index (χ1v) is 6.79. The lowest BCUT2D eigenvalue weighted by Crippen LogP contribution is -2.23. The van der Waals surface area contributed by atoms with Crippen LogP contribution in [0, 0.1) is 0 Å². The summed E-state index contributed by atoms with van der Waals surface area (Å²) in [6, 6.07) is 14.4. The van der Waals surface area contributed by atoms with E-state index >= 15 is 0 Å². The van der Waals surface area contributed by atoms with Crippen LogP contribution in [0.3, 0.4) is 0 Å². The fourth-order valence-corrected chi connectivity index (χ4v) is 2.61. The van der Waals surface area contributed by atoms with Gasteiger partial charge >= 0.3 is 0 Å². The number of carbonyl (C=O) groups is 1. The molecule has 2 aromatic rings. The first-order valence-electron chi connectivity index (χ1n) is 6.79. The van der Waals surface area contributed by atoms with Gasteiger partial charge in [-0.25, -0.2) is 0 Å². The van der Waals surface area contributed by atoms with Crippen LogP contribution in [0.4, 0.5) is 0 Å². The number of nitrogens with one attached hydrogen (secondary N) is 1. The molecular formula is C17H17NO. The molecule has 0 radical (unpaired) electrons. The third kappa shape index (κ3) is 2.14. The van der Waals surface area contributed by atoms with Crippen molar-refractivity contribution in [2.45, 2.75) is 19.8 Å². The standard InChI is InChI=1S/C17H17NO/c1-2-9-18-17(19)14-8-7-13-10-12-5-3-4-6-15(12)16(13)11-14/h3-8,11H,2,9-10H2,1H3,(H,18,19). The third-order valence-electron chi connectivity index (χ3n) is 3.60. The monoisotopic (exact) mass is 251 g/mol. The van der Waals surface area contributed by atoms with Gasteiger partial charge in [0, 0.05) is 12.1 Å². The summed E-state index contributed by atoms with van der Waals surface area (Å²) in [6.07, 6.45) is 1.93. The van der Waals surface area contributed by atoms with Gasteiger partial charge in [-0.3, -0.25) is 4.79 Å². The Hall–Kier alpha value is -2.09. The van der Waals surface area contributed by atoms with E-state index in [1.165, 1.54) is 22.3 Å². The second-order valence-electron chi connectivity index (χ2n) is 4.96. The Balaban J connectivity index is 1.96. The topological polar surface area (TPSA) is 29.1 Å². The molecule has 0 saturated heterocycles. The Morgan fingerprint density at radius 1 is 1.11 bits per heavy atom. The van der Waals surface area contributed by atoms with Crippen LogP contribution in [-0.2, 0) is 6.42 Å². The van der Waals surface area contributed by atoms with Crippen LogP contribution < -0.4 is 5.32 Å². The highest BCUT2D eigenvalue weighted by atomic mass is 16.1. The lowest BCUT2D eigenvalue weighted by Gasteiger charge is -2.06. The molecule has 2 heteroatoms. The van der Waals surface area contributed by atoms with Gasteiger partial charge in [0.15, 0.2) is 0 Å². The van der Waals surface area contributed by atoms with Crippen molar-refractivity contribution in [3.8, 4) is 11.1 Å². The van der Waals surface area contributed by atoms with E-state index in [1.54, 1.807) is 0 Å². The van der Waals surface area contributed by atoms with Gasteiger partial charge in [0.05, 0.1) is 0 Å². The van der Waals surface area contributed by atoms with Crippen molar-refractivity contribution in [3.63, 3.8) is 0 Å². The fourth-order valence-electron chi connectivity index (χ4n) is 2.61. The van der Waals surface area contributed by atoms with Crippen LogP contribution in [0.25, 0.3) is 11.1 Å². The van der Waals surface area contributed by atoms with Gasteiger partial charge in [0.2, 0.25) is 0 Å². The molecule has 1 aliphatic carbocycles. The highest BCUT2D eigenvalue weighted by Crippen LogP contribution is 2.36. The number of benzene rings is 2. The van der Waals surface area contributed by atoms with Crippen LogP contribution >= 0.6 is 0 Å². The molecule has 1 N–H and O–H groups in total. The number of hydrogen-bond donors (Lipinski definition) is 1. The van der Waals surface area contributed by atoms with Crippen molar-refractivity contribution in [1.82, 2.24) is 5.32 Å². The first kappa shape index (κ1) is 12.0. The summed E-state index contributed by atoms with van der Waals surface area (Å²) in [6.45, 7) is 2.78. The average Bonchev–Trinajstić information content (AvgIpc) is 2.82. The van der Waals surface area contributed by atoms with E-state index in [4.69, 9.17) is 0 Å². The molecule has 0 fully saturated rings. The highest BCUT2D eigenvalue weighted by molar-refractivity contribution is 5.96. The smallest absolute Gasteiger partial charge is 0.251 e. The normalized spacial score (nSPS) is 11.8. The average molecular weight is 251 g/mol. The Labute approximate surface area is 113 Å². The minimum absolute atomic E-state index is 0.0223. The van der Waals surface area contributed by atoms with Gasteiger partial charge in [0.25, 0.3) is 5.91 Å². The van der Waals surface area contributed by atoms with Gasteiger partial charge < -0.3 is 5.32 Å². The zero-order valence-electron chi connectivity index (χ0n) is 11.1. The minimum atomic E-state index is 0.0223. The van der Waals surface area contributed by atoms with Crippen molar-refractivity contribution in [2.75, 3.05) is 6.54 Å². The molecule has 1 aliphatic rings. The molecule has 0 aliphatic heterocycles. The second-order valence-corrected chi connectivity index (χ2v) is 4.96. The summed E-state index contributed by atoms with van der Waals surface area (Å²) in [5, 5.41) is 2.92. The van der Waals surface area contributed by atoms with Crippen molar-refractivity contribution < 1.29 is 4.79 Å². The number of carbonyl (C=O) groups excluding carboxylic acids is 1. The van der Waals surface area contributed by atoms with Crippen LogP contribution in [0.2, 0.25) is 0 Å². The summed E-state index contributed by atoms with van der Waals surface area (Å²) in [7, 11) is 0. The largest absolute Gasteiger partial charge is 0.352 e. The van der Waals surface area contributed by atoms with Gasteiger partial charge in [-0.2, -0.15) is 0 Å². The maximum absolute atomic E-state index is 12.0. The van der Waals surface area contributed by atoms with E-state index in [-0.39, 0.29) is 5.91 Å². The maximum atomic E-state index is 12.0. The van der Waals surface area contributed by atoms with E-state index in [0.717, 1.165) is 24.9 Å². The zero-order chi connectivity index (χ0) is 13.2. The molecule has 2 nitrogen and oxygen atoms in total. The molecule has 0 saturated carbocycles. The maximum Gasteiger partial charge on any atom is 0.251 e. The molecule has 0 aromatic heterocycles. The summed E-state index contributed by atoms with van der Waals surface area (Å²) < 4.78 is 0. The van der Waals surface area contributed by atoms with E-state index in [9.17, 15) is 4.79 Å². The quantitative estimate of drug-likeness (QED) is 0.759. The van der Waals surface area contributed by atoms with Crippen molar-refractivity contribution >= 4 is 5.91 Å². The van der Waals surface area contributed by atoms with Crippen LogP contribution in [0.1, 0.15) is 34.8 Å². The van der Waals surface area contributed by atoms with E-state index in [0.29, 0.717) is 0 Å². The van der Waals surface area contributed by atoms with Crippen molar-refractivity contribution in [3.05, 3.63) is 59.2 Å². The summed E-state index contributed by atoms with van der Waals surface area (Å²) >= 11 is 0. The molecule has 96 valence electrons. The van der Waals surface area contributed by atoms with Gasteiger partial charge in [-0.15, -0.1) is 0 Å². The predicted molar refractivity (Wildman–Crippen MR) is 77.3 cm³/mol. The zero-order valence-corrected chi connectivity index (χ0v) is 11.1. The summed E-state index contributed by atoms with van der Waals surface area (Å²) in [5.41, 5.74) is 5.89. The summed E-state index contributed by atoms with van der Waals surface area (Å²) in [5.74, 6) is 0.0223. The summed E-state index contributed by atoms with van der Waals surface area (Å²) in [4.78, 5) is 12.0. The molecule has 0 heterocycles. The SMILES string of the molecule is CCCNC(=O)c1ccc2c(c1)-c1ccccc1C2. The van der Waals surface area contributed by atoms with Crippen LogP contribution in [0.5, 0.6) is 0 Å². The van der Waals surface area contributed by atoms with E-state index in [1.807, 2.05) is 12.1 Å². The molecule has 3 rings (SSSR count). The van der Waals surface area contributed by atoms with Gasteiger partial charge in [-0.1, -0.05) is 37.3 Å². The number of rotatable bonds is 3. The first-order chi connectivity index (χ1) is 9.29. The number of amides is 1. The Morgan fingerprint density at radius 3 is 2.74 bits per heavy atom. The Morgan fingerprint density at radius 2 is 1.89 bits per heavy atom. The predicted octanol–water partition coefficient (Wildman–Crippen LogP) is 3.40. The molecular weight excluding hydrogens is 234 g/mol. The number of hydrogen-bond acceptors (Lipinski definition) is 1. The van der Waals surface area contributed by atoms with Crippen molar-refractivity contribution in [2.24, 2.45) is 0 Å². The van der Waals surface area contributed by atoms with E-state index in [2.05, 4.69) is 42.6 Å². The molecule has 0 spiro atoms. The third-order valence-corrected chi connectivity index (χ3v) is 3.60. The fraction of sp³-hybridized carbons (Fsp3) is 0.235. The Kier molecular flexibility index (Phi) is 3.08. The highest BCUT2D eigenvalue weighted by Gasteiger charge is 2.19. The van der Waals surface area contributed by atoms with Crippen molar-refractivity contribution in [1.29, 1.82) is 0 Å².